The van der Waals surface area contributed by atoms with Gasteiger partial charge in [-0.25, -0.2) is 9.55 Å². The number of hydrogen-bond donors (Lipinski definition) is 2. The van der Waals surface area contributed by atoms with Crippen molar-refractivity contribution in [3.05, 3.63) is 124 Å². The lowest BCUT2D eigenvalue weighted by molar-refractivity contribution is -0.646. The number of benzene rings is 2. The molecule has 2 atom stereocenters. The number of fused-ring (bicyclic) bond motifs is 6. The molecule has 2 heterocycles. The lowest BCUT2D eigenvalue weighted by atomic mass is 9.65. The second-order valence-electron chi connectivity index (χ2n) is 11.8. The summed E-state index contributed by atoms with van der Waals surface area (Å²) < 4.78 is 2.14. The van der Waals surface area contributed by atoms with E-state index in [2.05, 4.69) is 115 Å². The highest BCUT2D eigenvalue weighted by Crippen LogP contribution is 2.59. The summed E-state index contributed by atoms with van der Waals surface area (Å²) >= 11 is 6.45. The van der Waals surface area contributed by atoms with E-state index in [-0.39, 0.29) is 23.7 Å². The maximum atomic E-state index is 11.7. The van der Waals surface area contributed by atoms with Crippen LogP contribution in [0.1, 0.15) is 55.6 Å². The maximum Gasteiger partial charge on any atom is 0.305 e. The average molecular weight is 579 g/mol. The maximum absolute atomic E-state index is 11.7. The Labute approximate surface area is 252 Å². The number of hydrogen-bond acceptors (Lipinski definition) is 2. The summed E-state index contributed by atoms with van der Waals surface area (Å²) in [6, 6.07) is 12.7. The monoisotopic (exact) mass is 578 g/mol. The lowest BCUT2D eigenvalue weighted by Crippen LogP contribution is -2.29. The number of carboxylic acids is 1. The third-order valence-electron chi connectivity index (χ3n) is 8.98. The van der Waals surface area contributed by atoms with Crippen LogP contribution >= 0.6 is 11.6 Å². The smallest absolute Gasteiger partial charge is 0.305 e. The van der Waals surface area contributed by atoms with Gasteiger partial charge >= 0.3 is 5.97 Å². The number of rotatable bonds is 7. The molecule has 2 N–H and O–H groups in total. The van der Waals surface area contributed by atoms with E-state index in [0.29, 0.717) is 6.54 Å². The second-order valence-corrected chi connectivity index (χ2v) is 12.2. The van der Waals surface area contributed by atoms with E-state index in [0.717, 1.165) is 39.6 Å². The SMILES string of the molecule is CCc1cc2c(cc1Cl)[nH]c(/C=C/C=C/C=C1\N(CCC(=O)O)C3=C(C4C=CC=CC4c4ccccc43)C1(C)C)[n+]2C. The highest BCUT2D eigenvalue weighted by molar-refractivity contribution is 6.32. The Hall–Kier alpha value is -4.09. The molecule has 214 valence electrons. The molecule has 6 heteroatoms. The van der Waals surface area contributed by atoms with Gasteiger partial charge in [-0.3, -0.25) is 4.79 Å². The largest absolute Gasteiger partial charge is 0.481 e. The number of aromatic amines is 1. The molecule has 3 aliphatic rings. The molecule has 42 heavy (non-hydrogen) atoms. The Balaban J connectivity index is 1.35. The summed E-state index contributed by atoms with van der Waals surface area (Å²) in [5.41, 5.74) is 9.15. The topological polar surface area (TPSA) is 60.2 Å². The summed E-state index contributed by atoms with van der Waals surface area (Å²) in [7, 11) is 2.05. The standard InChI is InChI=1S/C36H36ClN3O2/c1-5-23-21-30-29(22-28(23)37)38-32(39(30)4)18-8-6-7-17-31-36(2,3)34-26-15-11-9-13-24(26)25-14-10-12-16-27(25)35(34)40(31)20-19-33(41)42/h6-18,21-22,24,26H,5,19-20H2,1-4H3,(H,41,42)/p+1/b7-6+,18-8+,31-17-. The number of nitrogens with one attached hydrogen (secondary N) is 1. The number of carboxylic acid groups (broad SMARTS) is 1. The number of halogens is 1. The highest BCUT2D eigenvalue weighted by atomic mass is 35.5. The van der Waals surface area contributed by atoms with Gasteiger partial charge in [-0.2, -0.15) is 0 Å². The summed E-state index contributed by atoms with van der Waals surface area (Å²) in [6.45, 7) is 7.08. The van der Waals surface area contributed by atoms with Crippen molar-refractivity contribution in [2.75, 3.05) is 6.54 Å². The Morgan fingerprint density at radius 3 is 2.64 bits per heavy atom. The normalized spacial score (nSPS) is 21.6. The number of aromatic nitrogens is 2. The fourth-order valence-electron chi connectivity index (χ4n) is 6.94. The molecule has 0 fully saturated rings. The molecule has 0 saturated heterocycles. The number of aryl methyl sites for hydroxylation is 2. The van der Waals surface area contributed by atoms with Crippen LogP contribution in [-0.4, -0.2) is 27.5 Å². The number of carbonyl (C=O) groups is 1. The van der Waals surface area contributed by atoms with E-state index in [1.54, 1.807) is 0 Å². The van der Waals surface area contributed by atoms with Crippen LogP contribution in [0.2, 0.25) is 5.02 Å². The van der Waals surface area contributed by atoms with Crippen LogP contribution in [0.3, 0.4) is 0 Å². The zero-order valence-electron chi connectivity index (χ0n) is 24.6. The Morgan fingerprint density at radius 2 is 1.88 bits per heavy atom. The lowest BCUT2D eigenvalue weighted by Gasteiger charge is -2.37. The van der Waals surface area contributed by atoms with Gasteiger partial charge in [0.05, 0.1) is 13.5 Å². The van der Waals surface area contributed by atoms with Gasteiger partial charge in [0, 0.05) is 57.9 Å². The van der Waals surface area contributed by atoms with E-state index in [9.17, 15) is 9.90 Å². The van der Waals surface area contributed by atoms with Gasteiger partial charge in [0.15, 0.2) is 11.0 Å². The second kappa shape index (κ2) is 11.0. The number of imidazole rings is 1. The fraction of sp³-hybridized carbons (Fsp3) is 0.278. The Bertz CT molecular complexity index is 1770. The van der Waals surface area contributed by atoms with Gasteiger partial charge in [-0.05, 0) is 35.3 Å². The molecule has 2 aromatic carbocycles. The first-order valence-electron chi connectivity index (χ1n) is 14.7. The zero-order chi connectivity index (χ0) is 29.6. The molecule has 0 bridgehead atoms. The predicted molar refractivity (Wildman–Crippen MR) is 171 cm³/mol. The molecule has 0 saturated carbocycles. The number of allylic oxidation sites excluding steroid dienone is 9. The number of H-pyrrole nitrogens is 1. The van der Waals surface area contributed by atoms with Gasteiger partial charge in [0.1, 0.15) is 0 Å². The van der Waals surface area contributed by atoms with Gasteiger partial charge in [-0.1, -0.05) is 99.2 Å². The Morgan fingerprint density at radius 1 is 1.12 bits per heavy atom. The van der Waals surface area contributed by atoms with E-state index >= 15 is 0 Å². The first-order chi connectivity index (χ1) is 20.2. The van der Waals surface area contributed by atoms with Gasteiger partial charge in [0.25, 0.3) is 5.82 Å². The summed E-state index contributed by atoms with van der Waals surface area (Å²) in [6.07, 6.45) is 20.2. The van der Waals surface area contributed by atoms with E-state index in [4.69, 9.17) is 11.6 Å². The first-order valence-corrected chi connectivity index (χ1v) is 15.0. The highest BCUT2D eigenvalue weighted by Gasteiger charge is 2.49. The van der Waals surface area contributed by atoms with Crippen LogP contribution in [0.25, 0.3) is 22.8 Å². The van der Waals surface area contributed by atoms with Crippen molar-refractivity contribution in [3.63, 3.8) is 0 Å². The van der Waals surface area contributed by atoms with Gasteiger partial charge < -0.3 is 10.0 Å². The van der Waals surface area contributed by atoms with Crippen LogP contribution in [0.5, 0.6) is 0 Å². The van der Waals surface area contributed by atoms with Gasteiger partial charge in [0.2, 0.25) is 0 Å². The zero-order valence-corrected chi connectivity index (χ0v) is 25.3. The van der Waals surface area contributed by atoms with Crippen molar-refractivity contribution < 1.29 is 14.5 Å². The Kier molecular flexibility index (Phi) is 7.32. The molecule has 2 aliphatic carbocycles. The van der Waals surface area contributed by atoms with Crippen molar-refractivity contribution >= 4 is 40.4 Å². The van der Waals surface area contributed by atoms with Crippen LogP contribution in [0.4, 0.5) is 0 Å². The van der Waals surface area contributed by atoms with Gasteiger partial charge in [-0.15, -0.1) is 0 Å². The summed E-state index contributed by atoms with van der Waals surface area (Å²) in [4.78, 5) is 17.4. The minimum Gasteiger partial charge on any atom is -0.481 e. The molecular formula is C36H37ClN3O2+. The van der Waals surface area contributed by atoms with Crippen molar-refractivity contribution in [1.82, 2.24) is 9.88 Å². The molecule has 3 aromatic rings. The van der Waals surface area contributed by atoms with Crippen LogP contribution in [-0.2, 0) is 18.3 Å². The third kappa shape index (κ3) is 4.66. The van der Waals surface area contributed by atoms with E-state index in [1.165, 1.54) is 22.4 Å². The molecule has 5 nitrogen and oxygen atoms in total. The fourth-order valence-corrected chi connectivity index (χ4v) is 7.24. The van der Waals surface area contributed by atoms with Crippen molar-refractivity contribution in [3.8, 4) is 0 Å². The molecule has 0 radical (unpaired) electrons. The van der Waals surface area contributed by atoms with E-state index in [1.807, 2.05) is 18.2 Å². The molecule has 0 amide bonds. The average Bonchev–Trinajstić information content (AvgIpc) is 3.40. The predicted octanol–water partition coefficient (Wildman–Crippen LogP) is 7.73. The van der Waals surface area contributed by atoms with Crippen molar-refractivity contribution in [2.45, 2.75) is 39.5 Å². The van der Waals surface area contributed by atoms with E-state index < -0.39 is 5.97 Å². The first kappa shape index (κ1) is 28.0. The minimum absolute atomic E-state index is 0.0699. The minimum atomic E-state index is -0.791. The van der Waals surface area contributed by atoms with Crippen LogP contribution in [0.15, 0.2) is 96.3 Å². The van der Waals surface area contributed by atoms with Crippen LogP contribution in [0, 0.1) is 11.3 Å². The molecule has 6 rings (SSSR count). The van der Waals surface area contributed by atoms with Crippen molar-refractivity contribution in [1.29, 1.82) is 0 Å². The quantitative estimate of drug-likeness (QED) is 0.223. The summed E-state index contributed by atoms with van der Waals surface area (Å²) in [5.74, 6) is 0.706. The third-order valence-corrected chi connectivity index (χ3v) is 9.34. The number of nitrogens with zero attached hydrogens (tertiary/aromatic N) is 2. The molecule has 1 aliphatic heterocycles. The van der Waals surface area contributed by atoms with Crippen molar-refractivity contribution in [2.24, 2.45) is 18.4 Å². The molecule has 0 spiro atoms. The molecule has 2 unspecified atom stereocenters. The summed E-state index contributed by atoms with van der Waals surface area (Å²) in [5, 5.41) is 10.4. The molecule has 1 aromatic heterocycles. The molecular weight excluding hydrogens is 542 g/mol. The van der Waals surface area contributed by atoms with Crippen LogP contribution < -0.4 is 4.57 Å². The number of aliphatic carboxylic acids is 1.